The first-order valence-corrected chi connectivity index (χ1v) is 8.10. The highest BCUT2D eigenvalue weighted by atomic mass is 16.5. The number of benzene rings is 1. The highest BCUT2D eigenvalue weighted by Gasteiger charge is 2.43. The van der Waals surface area contributed by atoms with E-state index in [0.29, 0.717) is 17.6 Å². The number of phenolic OH excluding ortho intramolecular Hbond substituents is 1. The number of aromatic hydroxyl groups is 1. The molecule has 1 aromatic rings. The lowest BCUT2D eigenvalue weighted by Crippen LogP contribution is -2.44. The molecule has 1 aromatic carbocycles. The molecule has 2 unspecified atom stereocenters. The van der Waals surface area contributed by atoms with Gasteiger partial charge in [0.15, 0.2) is 0 Å². The van der Waals surface area contributed by atoms with Crippen LogP contribution in [0.4, 0.5) is 0 Å². The molecule has 21 heavy (non-hydrogen) atoms. The maximum atomic E-state index is 10.5. The van der Waals surface area contributed by atoms with Crippen LogP contribution in [0, 0.1) is 5.92 Å². The van der Waals surface area contributed by atoms with Crippen molar-refractivity contribution in [3.05, 3.63) is 35.9 Å². The molecule has 0 saturated heterocycles. The summed E-state index contributed by atoms with van der Waals surface area (Å²) in [5, 5.41) is 10.5. The van der Waals surface area contributed by atoms with E-state index in [0.717, 1.165) is 42.6 Å². The van der Waals surface area contributed by atoms with Gasteiger partial charge in [-0.1, -0.05) is 26.3 Å². The summed E-state index contributed by atoms with van der Waals surface area (Å²) in [5.41, 5.74) is 1.91. The number of hydrogen-bond donors (Lipinski definition) is 1. The normalized spacial score (nSPS) is 23.2. The Bertz CT molecular complexity index is 517. The van der Waals surface area contributed by atoms with Crippen molar-refractivity contribution in [2.75, 3.05) is 0 Å². The van der Waals surface area contributed by atoms with Crippen molar-refractivity contribution in [2.45, 2.75) is 64.9 Å². The second kappa shape index (κ2) is 6.13. The predicted octanol–water partition coefficient (Wildman–Crippen LogP) is 5.20. The Kier molecular flexibility index (Phi) is 4.65. The van der Waals surface area contributed by atoms with Gasteiger partial charge in [-0.2, -0.15) is 0 Å². The third-order valence-electron chi connectivity index (χ3n) is 4.70. The van der Waals surface area contributed by atoms with Gasteiger partial charge < -0.3 is 9.84 Å². The minimum Gasteiger partial charge on any atom is -0.508 e. The van der Waals surface area contributed by atoms with E-state index < -0.39 is 0 Å². The summed E-state index contributed by atoms with van der Waals surface area (Å²) in [7, 11) is 0. The summed E-state index contributed by atoms with van der Waals surface area (Å²) < 4.78 is 6.28. The van der Waals surface area contributed by atoms with Crippen molar-refractivity contribution >= 4 is 0 Å². The lowest BCUT2D eigenvalue weighted by atomic mass is 9.71. The second-order valence-corrected chi connectivity index (χ2v) is 6.63. The Balaban J connectivity index is 2.52. The zero-order valence-electron chi connectivity index (χ0n) is 13.8. The SMILES string of the molecule is C=CCC1C(CC)c2c(O)cc(CCC)cc2OC1(C)C. The molecule has 0 bridgehead atoms. The standard InChI is InChI=1S/C19H28O2/c1-6-9-13-11-16(20)18-14(8-3)15(10-7-2)19(4,5)21-17(18)12-13/h7,11-12,14-15,20H,2,6,8-10H2,1,3-5H3. The molecule has 1 aliphatic heterocycles. The number of fused-ring (bicyclic) bond motifs is 1. The van der Waals surface area contributed by atoms with Gasteiger partial charge in [0.1, 0.15) is 17.1 Å². The number of rotatable bonds is 5. The molecule has 1 aliphatic rings. The summed E-state index contributed by atoms with van der Waals surface area (Å²) in [6, 6.07) is 4.03. The van der Waals surface area contributed by atoms with Crippen LogP contribution in [0.5, 0.6) is 11.5 Å². The highest BCUT2D eigenvalue weighted by molar-refractivity contribution is 5.51. The van der Waals surface area contributed by atoms with Gasteiger partial charge >= 0.3 is 0 Å². The van der Waals surface area contributed by atoms with Crippen molar-refractivity contribution in [1.82, 2.24) is 0 Å². The van der Waals surface area contributed by atoms with Gasteiger partial charge in [0.2, 0.25) is 0 Å². The quantitative estimate of drug-likeness (QED) is 0.754. The fourth-order valence-electron chi connectivity index (χ4n) is 3.72. The van der Waals surface area contributed by atoms with E-state index in [2.05, 4.69) is 40.3 Å². The fraction of sp³-hybridized carbons (Fsp3) is 0.579. The molecule has 2 atom stereocenters. The van der Waals surface area contributed by atoms with Crippen LogP contribution < -0.4 is 4.74 Å². The van der Waals surface area contributed by atoms with Crippen molar-refractivity contribution in [3.63, 3.8) is 0 Å². The third-order valence-corrected chi connectivity index (χ3v) is 4.70. The van der Waals surface area contributed by atoms with Crippen LogP contribution in [0.1, 0.15) is 64.0 Å². The van der Waals surface area contributed by atoms with Gasteiger partial charge in [0, 0.05) is 11.5 Å². The number of aryl methyl sites for hydroxylation is 1. The van der Waals surface area contributed by atoms with Crippen molar-refractivity contribution in [2.24, 2.45) is 5.92 Å². The van der Waals surface area contributed by atoms with Gasteiger partial charge in [0.05, 0.1) is 0 Å². The Morgan fingerprint density at radius 1 is 1.33 bits per heavy atom. The molecular weight excluding hydrogens is 260 g/mol. The van der Waals surface area contributed by atoms with Crippen LogP contribution in [-0.4, -0.2) is 10.7 Å². The minimum atomic E-state index is -0.237. The largest absolute Gasteiger partial charge is 0.508 e. The van der Waals surface area contributed by atoms with Crippen LogP contribution in [-0.2, 0) is 6.42 Å². The highest BCUT2D eigenvalue weighted by Crippen LogP contribution is 2.51. The van der Waals surface area contributed by atoms with Gasteiger partial charge in [-0.05, 0) is 56.7 Å². The topological polar surface area (TPSA) is 29.5 Å². The average molecular weight is 288 g/mol. The van der Waals surface area contributed by atoms with E-state index in [1.54, 1.807) is 0 Å². The molecule has 0 fully saturated rings. The van der Waals surface area contributed by atoms with Crippen LogP contribution in [0.25, 0.3) is 0 Å². The van der Waals surface area contributed by atoms with Gasteiger partial charge in [0.25, 0.3) is 0 Å². The molecule has 1 N–H and O–H groups in total. The summed E-state index contributed by atoms with van der Waals surface area (Å²) in [4.78, 5) is 0. The third kappa shape index (κ3) is 2.95. The summed E-state index contributed by atoms with van der Waals surface area (Å²) in [5.74, 6) is 1.93. The number of hydrogen-bond acceptors (Lipinski definition) is 2. The molecule has 0 spiro atoms. The fourth-order valence-corrected chi connectivity index (χ4v) is 3.72. The molecule has 0 saturated carbocycles. The molecule has 2 rings (SSSR count). The van der Waals surface area contributed by atoms with Gasteiger partial charge in [-0.3, -0.25) is 0 Å². The molecule has 0 radical (unpaired) electrons. The molecule has 2 nitrogen and oxygen atoms in total. The summed E-state index contributed by atoms with van der Waals surface area (Å²) >= 11 is 0. The Morgan fingerprint density at radius 3 is 2.62 bits per heavy atom. The second-order valence-electron chi connectivity index (χ2n) is 6.63. The Hall–Kier alpha value is -1.44. The monoisotopic (exact) mass is 288 g/mol. The van der Waals surface area contributed by atoms with E-state index in [4.69, 9.17) is 4.74 Å². The average Bonchev–Trinajstić information content (AvgIpc) is 2.40. The molecule has 0 amide bonds. The first-order valence-electron chi connectivity index (χ1n) is 8.10. The van der Waals surface area contributed by atoms with Gasteiger partial charge in [-0.15, -0.1) is 6.58 Å². The Morgan fingerprint density at radius 2 is 2.05 bits per heavy atom. The number of ether oxygens (including phenoxy) is 1. The Labute approximate surface area is 128 Å². The molecule has 1 heterocycles. The van der Waals surface area contributed by atoms with Crippen LogP contribution in [0.3, 0.4) is 0 Å². The summed E-state index contributed by atoms with van der Waals surface area (Å²) in [6.07, 6.45) is 5.90. The lowest BCUT2D eigenvalue weighted by molar-refractivity contribution is 0.00943. The van der Waals surface area contributed by atoms with E-state index in [1.807, 2.05) is 12.1 Å². The van der Waals surface area contributed by atoms with E-state index in [1.165, 1.54) is 0 Å². The summed E-state index contributed by atoms with van der Waals surface area (Å²) in [6.45, 7) is 12.5. The van der Waals surface area contributed by atoms with E-state index in [9.17, 15) is 5.11 Å². The van der Waals surface area contributed by atoms with Crippen molar-refractivity contribution < 1.29 is 9.84 Å². The predicted molar refractivity (Wildman–Crippen MR) is 88.1 cm³/mol. The van der Waals surface area contributed by atoms with E-state index >= 15 is 0 Å². The maximum Gasteiger partial charge on any atom is 0.127 e. The smallest absolute Gasteiger partial charge is 0.127 e. The lowest BCUT2D eigenvalue weighted by Gasteiger charge is -2.45. The number of allylic oxidation sites excluding steroid dienone is 1. The van der Waals surface area contributed by atoms with Gasteiger partial charge in [-0.25, -0.2) is 0 Å². The molecule has 116 valence electrons. The van der Waals surface area contributed by atoms with Crippen LogP contribution in [0.15, 0.2) is 24.8 Å². The molecule has 2 heteroatoms. The first kappa shape index (κ1) is 15.9. The molecule has 0 aliphatic carbocycles. The molecule has 0 aromatic heterocycles. The molecular formula is C19H28O2. The zero-order chi connectivity index (χ0) is 15.6. The first-order chi connectivity index (χ1) is 9.94. The van der Waals surface area contributed by atoms with E-state index in [-0.39, 0.29) is 5.60 Å². The van der Waals surface area contributed by atoms with Crippen molar-refractivity contribution in [1.29, 1.82) is 0 Å². The maximum absolute atomic E-state index is 10.5. The number of phenols is 1. The van der Waals surface area contributed by atoms with Crippen LogP contribution >= 0.6 is 0 Å². The van der Waals surface area contributed by atoms with Crippen molar-refractivity contribution in [3.8, 4) is 11.5 Å². The zero-order valence-corrected chi connectivity index (χ0v) is 13.8. The van der Waals surface area contributed by atoms with Crippen LogP contribution in [0.2, 0.25) is 0 Å². The minimum absolute atomic E-state index is 0.237.